The van der Waals surface area contributed by atoms with E-state index in [2.05, 4.69) is 4.74 Å². The van der Waals surface area contributed by atoms with Crippen LogP contribution < -0.4 is 0 Å². The van der Waals surface area contributed by atoms with Gasteiger partial charge in [0.15, 0.2) is 0 Å². The quantitative estimate of drug-likeness (QED) is 0.772. The van der Waals surface area contributed by atoms with E-state index in [0.717, 1.165) is 0 Å². The summed E-state index contributed by atoms with van der Waals surface area (Å²) in [5, 5.41) is 8.70. The molecule has 0 radical (unpaired) electrons. The molecule has 6 heteroatoms. The molecule has 19 heavy (non-hydrogen) atoms. The number of halogens is 1. The zero-order chi connectivity index (χ0) is 14.4. The van der Waals surface area contributed by atoms with E-state index >= 15 is 0 Å². The predicted molar refractivity (Wildman–Crippen MR) is 69.0 cm³/mol. The summed E-state index contributed by atoms with van der Waals surface area (Å²) in [5.41, 5.74) is 0.143. The first-order chi connectivity index (χ1) is 8.99. The lowest BCUT2D eigenvalue weighted by Crippen LogP contribution is -2.20. The maximum absolute atomic E-state index is 13.7. The highest BCUT2D eigenvalue weighted by molar-refractivity contribution is 7.84. The minimum absolute atomic E-state index is 0.0251. The van der Waals surface area contributed by atoms with Gasteiger partial charge < -0.3 is 4.74 Å². The number of carbonyl (C=O) groups excluding carboxylic acids is 1. The first kappa shape index (κ1) is 15.3. The monoisotopic (exact) mass is 283 g/mol. The predicted octanol–water partition coefficient (Wildman–Crippen LogP) is 1.76. The number of hydrogen-bond acceptors (Lipinski definition) is 4. The molecule has 0 N–H and O–H groups in total. The van der Waals surface area contributed by atoms with Crippen LogP contribution in [-0.2, 0) is 26.1 Å². The van der Waals surface area contributed by atoms with Crippen LogP contribution in [0.1, 0.15) is 18.1 Å². The molecule has 0 saturated carbocycles. The lowest BCUT2D eigenvalue weighted by molar-refractivity contribution is -0.144. The van der Waals surface area contributed by atoms with Crippen molar-refractivity contribution in [1.82, 2.24) is 0 Å². The average molecular weight is 283 g/mol. The van der Waals surface area contributed by atoms with E-state index in [1.54, 1.807) is 13.0 Å². The van der Waals surface area contributed by atoms with Gasteiger partial charge in [-0.15, -0.1) is 0 Å². The molecule has 102 valence electrons. The second-order valence-electron chi connectivity index (χ2n) is 4.07. The Morgan fingerprint density at radius 1 is 1.58 bits per heavy atom. The molecule has 0 heterocycles. The number of esters is 1. The summed E-state index contributed by atoms with van der Waals surface area (Å²) < 4.78 is 30.1. The van der Waals surface area contributed by atoms with Gasteiger partial charge >= 0.3 is 5.97 Å². The molecule has 0 fully saturated rings. The molecule has 1 aromatic carbocycles. The topological polar surface area (TPSA) is 67.2 Å². The van der Waals surface area contributed by atoms with E-state index in [1.165, 1.54) is 25.3 Å². The molecule has 2 atom stereocenters. The van der Waals surface area contributed by atoms with Gasteiger partial charge in [-0.1, -0.05) is 19.1 Å². The molecule has 0 aliphatic carbocycles. The van der Waals surface area contributed by atoms with Crippen molar-refractivity contribution in [3.05, 3.63) is 35.1 Å². The summed E-state index contributed by atoms with van der Waals surface area (Å²) in [6.45, 7) is 1.60. The maximum Gasteiger partial charge on any atom is 0.309 e. The van der Waals surface area contributed by atoms with Gasteiger partial charge in [-0.05, 0) is 6.07 Å². The lowest BCUT2D eigenvalue weighted by atomic mass is 10.1. The van der Waals surface area contributed by atoms with Gasteiger partial charge in [-0.2, -0.15) is 5.26 Å². The molecule has 1 aromatic rings. The first-order valence-corrected chi connectivity index (χ1v) is 7.08. The number of carbonyl (C=O) groups is 1. The Morgan fingerprint density at radius 3 is 2.84 bits per heavy atom. The molecule has 0 saturated heterocycles. The summed E-state index contributed by atoms with van der Waals surface area (Å²) in [6, 6.07) is 6.11. The van der Waals surface area contributed by atoms with Gasteiger partial charge in [-0.3, -0.25) is 9.00 Å². The zero-order valence-electron chi connectivity index (χ0n) is 10.7. The SMILES string of the molecule is COC(=O)C(C)CS(=O)Cc1cccc(C#N)c1F. The van der Waals surface area contributed by atoms with Crippen molar-refractivity contribution < 1.29 is 18.1 Å². The van der Waals surface area contributed by atoms with Gasteiger partial charge in [0, 0.05) is 22.1 Å². The Labute approximate surface area is 113 Å². The van der Waals surface area contributed by atoms with Crippen LogP contribution in [-0.4, -0.2) is 23.0 Å². The smallest absolute Gasteiger partial charge is 0.309 e. The molecule has 0 bridgehead atoms. The van der Waals surface area contributed by atoms with E-state index in [9.17, 15) is 13.4 Å². The van der Waals surface area contributed by atoms with Crippen molar-refractivity contribution >= 4 is 16.8 Å². The van der Waals surface area contributed by atoms with E-state index in [0.29, 0.717) is 0 Å². The van der Waals surface area contributed by atoms with Crippen molar-refractivity contribution in [2.45, 2.75) is 12.7 Å². The van der Waals surface area contributed by atoms with E-state index in [-0.39, 0.29) is 22.6 Å². The second kappa shape index (κ2) is 7.00. The van der Waals surface area contributed by atoms with Gasteiger partial charge in [0.25, 0.3) is 0 Å². The third-order valence-corrected chi connectivity index (χ3v) is 4.06. The first-order valence-electron chi connectivity index (χ1n) is 5.59. The second-order valence-corrected chi connectivity index (χ2v) is 5.57. The van der Waals surface area contributed by atoms with Crippen molar-refractivity contribution in [1.29, 1.82) is 5.26 Å². The number of methoxy groups -OCH3 is 1. The minimum Gasteiger partial charge on any atom is -0.469 e. The van der Waals surface area contributed by atoms with E-state index in [4.69, 9.17) is 5.26 Å². The Bertz CT molecular complexity index is 539. The van der Waals surface area contributed by atoms with Gasteiger partial charge in [-0.25, -0.2) is 4.39 Å². The molecular weight excluding hydrogens is 269 g/mol. The fraction of sp³-hybridized carbons (Fsp3) is 0.385. The highest BCUT2D eigenvalue weighted by Gasteiger charge is 2.18. The van der Waals surface area contributed by atoms with Gasteiger partial charge in [0.2, 0.25) is 0 Å². The molecule has 1 rings (SSSR count). The highest BCUT2D eigenvalue weighted by Crippen LogP contribution is 2.15. The van der Waals surface area contributed by atoms with Crippen LogP contribution in [0, 0.1) is 23.1 Å². The Morgan fingerprint density at radius 2 is 2.26 bits per heavy atom. The van der Waals surface area contributed by atoms with E-state index in [1.807, 2.05) is 0 Å². The minimum atomic E-state index is -1.39. The number of benzene rings is 1. The van der Waals surface area contributed by atoms with Crippen molar-refractivity contribution in [3.63, 3.8) is 0 Å². The summed E-state index contributed by atoms with van der Waals surface area (Å²) in [4.78, 5) is 11.2. The molecule has 0 aliphatic heterocycles. The van der Waals surface area contributed by atoms with Gasteiger partial charge in [0.1, 0.15) is 11.9 Å². The largest absolute Gasteiger partial charge is 0.469 e. The summed E-state index contributed by atoms with van der Waals surface area (Å²) >= 11 is 0. The van der Waals surface area contributed by atoms with Crippen LogP contribution in [0.25, 0.3) is 0 Å². The zero-order valence-corrected chi connectivity index (χ0v) is 11.5. The Balaban J connectivity index is 2.73. The molecule has 0 aliphatic rings. The number of nitrogens with zero attached hydrogens (tertiary/aromatic N) is 1. The van der Waals surface area contributed by atoms with Crippen LogP contribution >= 0.6 is 0 Å². The fourth-order valence-electron chi connectivity index (χ4n) is 1.56. The number of ether oxygens (including phenoxy) is 1. The normalized spacial score (nSPS) is 13.4. The fourth-order valence-corrected chi connectivity index (χ4v) is 2.94. The van der Waals surface area contributed by atoms with Crippen LogP contribution in [0.4, 0.5) is 4.39 Å². The highest BCUT2D eigenvalue weighted by atomic mass is 32.2. The van der Waals surface area contributed by atoms with Crippen LogP contribution in [0.3, 0.4) is 0 Å². The number of nitriles is 1. The molecule has 4 nitrogen and oxygen atoms in total. The Hall–Kier alpha value is -1.74. The average Bonchev–Trinajstić information content (AvgIpc) is 2.40. The van der Waals surface area contributed by atoms with Gasteiger partial charge in [0.05, 0.1) is 24.3 Å². The molecular formula is C13H14FNO3S. The van der Waals surface area contributed by atoms with Crippen molar-refractivity contribution in [2.24, 2.45) is 5.92 Å². The van der Waals surface area contributed by atoms with Crippen LogP contribution in [0.5, 0.6) is 0 Å². The van der Waals surface area contributed by atoms with Crippen molar-refractivity contribution in [2.75, 3.05) is 12.9 Å². The number of rotatable bonds is 5. The van der Waals surface area contributed by atoms with Crippen molar-refractivity contribution in [3.8, 4) is 6.07 Å². The van der Waals surface area contributed by atoms with E-state index < -0.39 is 28.5 Å². The third kappa shape index (κ3) is 4.14. The molecule has 0 aromatic heterocycles. The lowest BCUT2D eigenvalue weighted by Gasteiger charge is -2.09. The summed E-state index contributed by atoms with van der Waals surface area (Å²) in [7, 11) is -0.132. The third-order valence-electron chi connectivity index (χ3n) is 2.56. The maximum atomic E-state index is 13.7. The summed E-state index contributed by atoms with van der Waals surface area (Å²) in [6.07, 6.45) is 0. The molecule has 0 amide bonds. The number of hydrogen-bond donors (Lipinski definition) is 0. The molecule has 0 spiro atoms. The van der Waals surface area contributed by atoms with Crippen LogP contribution in [0.2, 0.25) is 0 Å². The molecule has 2 unspecified atom stereocenters. The van der Waals surface area contributed by atoms with Crippen LogP contribution in [0.15, 0.2) is 18.2 Å². The summed E-state index contributed by atoms with van der Waals surface area (Å²) in [5.74, 6) is -1.53. The Kier molecular flexibility index (Phi) is 5.64. The standard InChI is InChI=1S/C13H14FNO3S/c1-9(13(16)18-2)7-19(17)8-11-5-3-4-10(6-15)12(11)14/h3-5,9H,7-8H2,1-2H3.